The molecule has 0 aliphatic heterocycles. The van der Waals surface area contributed by atoms with Crippen molar-refractivity contribution < 1.29 is 9.53 Å². The van der Waals surface area contributed by atoms with Gasteiger partial charge in [0.15, 0.2) is 0 Å². The van der Waals surface area contributed by atoms with Gasteiger partial charge in [-0.15, -0.1) is 0 Å². The van der Waals surface area contributed by atoms with E-state index >= 15 is 0 Å². The van der Waals surface area contributed by atoms with Gasteiger partial charge in [0.25, 0.3) is 0 Å². The van der Waals surface area contributed by atoms with E-state index in [9.17, 15) is 4.79 Å². The number of nitrogens with zero attached hydrogens (tertiary/aromatic N) is 1. The zero-order valence-electron chi connectivity index (χ0n) is 10.4. The third-order valence-electron chi connectivity index (χ3n) is 2.96. The van der Waals surface area contributed by atoms with E-state index in [4.69, 9.17) is 4.74 Å². The standard InChI is InChI=1S/C14H19NO2/c1-11(2)15(10-12-8-9-12)14(16)17-13-6-4-3-5-7-13/h3-7,11-12H,8-10H2,1-2H3. The Morgan fingerprint density at radius 2 is 2.00 bits per heavy atom. The van der Waals surface area contributed by atoms with E-state index in [-0.39, 0.29) is 12.1 Å². The fourth-order valence-electron chi connectivity index (χ4n) is 1.72. The molecule has 0 bridgehead atoms. The Labute approximate surface area is 102 Å². The summed E-state index contributed by atoms with van der Waals surface area (Å²) in [5.74, 6) is 1.29. The van der Waals surface area contributed by atoms with Crippen molar-refractivity contribution in [2.75, 3.05) is 6.54 Å². The molecule has 1 saturated carbocycles. The largest absolute Gasteiger partial charge is 0.415 e. The Morgan fingerprint density at radius 3 is 2.53 bits per heavy atom. The van der Waals surface area contributed by atoms with Crippen LogP contribution in [0.4, 0.5) is 4.79 Å². The van der Waals surface area contributed by atoms with Gasteiger partial charge in [0, 0.05) is 12.6 Å². The molecule has 1 aromatic rings. The Balaban J connectivity index is 1.96. The molecule has 17 heavy (non-hydrogen) atoms. The number of benzene rings is 1. The molecule has 3 nitrogen and oxygen atoms in total. The number of hydrogen-bond acceptors (Lipinski definition) is 2. The summed E-state index contributed by atoms with van der Waals surface area (Å²) < 4.78 is 5.35. The maximum Gasteiger partial charge on any atom is 0.415 e. The Bertz CT molecular complexity index is 371. The SMILES string of the molecule is CC(C)N(CC1CC1)C(=O)Oc1ccccc1. The summed E-state index contributed by atoms with van der Waals surface area (Å²) in [5.41, 5.74) is 0. The quantitative estimate of drug-likeness (QED) is 0.798. The molecule has 0 spiro atoms. The number of amides is 1. The highest BCUT2D eigenvalue weighted by molar-refractivity contribution is 5.71. The van der Waals surface area contributed by atoms with Crippen LogP contribution in [0.3, 0.4) is 0 Å². The van der Waals surface area contributed by atoms with E-state index in [1.165, 1.54) is 12.8 Å². The predicted octanol–water partition coefficient (Wildman–Crippen LogP) is 3.31. The molecule has 2 rings (SSSR count). The Kier molecular flexibility index (Phi) is 3.67. The predicted molar refractivity (Wildman–Crippen MR) is 67.0 cm³/mol. The van der Waals surface area contributed by atoms with Gasteiger partial charge in [-0.25, -0.2) is 4.79 Å². The minimum absolute atomic E-state index is 0.187. The average molecular weight is 233 g/mol. The summed E-state index contributed by atoms with van der Waals surface area (Å²) in [6.45, 7) is 4.87. The van der Waals surface area contributed by atoms with Crippen molar-refractivity contribution in [1.29, 1.82) is 0 Å². The molecule has 3 heteroatoms. The molecule has 0 unspecified atom stereocenters. The highest BCUT2D eigenvalue weighted by atomic mass is 16.6. The van der Waals surface area contributed by atoms with E-state index in [0.717, 1.165) is 6.54 Å². The maximum absolute atomic E-state index is 12.0. The monoisotopic (exact) mass is 233 g/mol. The van der Waals surface area contributed by atoms with Crippen LogP contribution >= 0.6 is 0 Å². The zero-order valence-corrected chi connectivity index (χ0v) is 10.4. The van der Waals surface area contributed by atoms with Crippen LogP contribution in [0.25, 0.3) is 0 Å². The number of hydrogen-bond donors (Lipinski definition) is 0. The van der Waals surface area contributed by atoms with Crippen molar-refractivity contribution in [3.05, 3.63) is 30.3 Å². The smallest absolute Gasteiger partial charge is 0.410 e. The van der Waals surface area contributed by atoms with Crippen LogP contribution in [0.5, 0.6) is 5.75 Å². The Hall–Kier alpha value is -1.51. The van der Waals surface area contributed by atoms with Gasteiger partial charge >= 0.3 is 6.09 Å². The molecule has 1 fully saturated rings. The molecule has 1 aliphatic rings. The summed E-state index contributed by atoms with van der Waals surface area (Å²) in [5, 5.41) is 0. The molecule has 0 radical (unpaired) electrons. The summed E-state index contributed by atoms with van der Waals surface area (Å²) in [4.78, 5) is 13.8. The van der Waals surface area contributed by atoms with Gasteiger partial charge in [-0.3, -0.25) is 0 Å². The first-order valence-electron chi connectivity index (χ1n) is 6.20. The first kappa shape index (κ1) is 12.0. The molecular formula is C14H19NO2. The van der Waals surface area contributed by atoms with Gasteiger partial charge in [0.2, 0.25) is 0 Å². The first-order valence-corrected chi connectivity index (χ1v) is 6.20. The minimum Gasteiger partial charge on any atom is -0.410 e. The van der Waals surface area contributed by atoms with Crippen molar-refractivity contribution in [1.82, 2.24) is 4.90 Å². The van der Waals surface area contributed by atoms with Gasteiger partial charge in [0.1, 0.15) is 5.75 Å². The average Bonchev–Trinajstić information content (AvgIpc) is 3.10. The number of carbonyl (C=O) groups excluding carboxylic acids is 1. The highest BCUT2D eigenvalue weighted by Crippen LogP contribution is 2.30. The van der Waals surface area contributed by atoms with Crippen LogP contribution in [0.15, 0.2) is 30.3 Å². The molecule has 1 aliphatic carbocycles. The van der Waals surface area contributed by atoms with Crippen LogP contribution in [0.1, 0.15) is 26.7 Å². The maximum atomic E-state index is 12.0. The van der Waals surface area contributed by atoms with Crippen LogP contribution in [0.2, 0.25) is 0 Å². The molecule has 0 saturated heterocycles. The number of rotatable bonds is 4. The van der Waals surface area contributed by atoms with Crippen molar-refractivity contribution in [2.24, 2.45) is 5.92 Å². The zero-order chi connectivity index (χ0) is 12.3. The summed E-state index contributed by atoms with van der Waals surface area (Å²) in [6, 6.07) is 9.42. The third kappa shape index (κ3) is 3.48. The summed E-state index contributed by atoms with van der Waals surface area (Å²) in [7, 11) is 0. The molecule has 1 amide bonds. The number of para-hydroxylation sites is 1. The van der Waals surface area contributed by atoms with Crippen molar-refractivity contribution in [2.45, 2.75) is 32.7 Å². The van der Waals surface area contributed by atoms with Gasteiger partial charge < -0.3 is 9.64 Å². The topological polar surface area (TPSA) is 29.5 Å². The lowest BCUT2D eigenvalue weighted by molar-refractivity contribution is 0.136. The van der Waals surface area contributed by atoms with Crippen LogP contribution in [-0.2, 0) is 0 Å². The lowest BCUT2D eigenvalue weighted by Crippen LogP contribution is -2.40. The second-order valence-corrected chi connectivity index (χ2v) is 4.87. The van der Waals surface area contributed by atoms with E-state index in [1.807, 2.05) is 36.9 Å². The van der Waals surface area contributed by atoms with E-state index < -0.39 is 0 Å². The van der Waals surface area contributed by atoms with Crippen molar-refractivity contribution in [3.8, 4) is 5.75 Å². The minimum atomic E-state index is -0.238. The van der Waals surface area contributed by atoms with Crippen LogP contribution in [-0.4, -0.2) is 23.6 Å². The third-order valence-corrected chi connectivity index (χ3v) is 2.96. The van der Waals surface area contributed by atoms with Gasteiger partial charge in [-0.05, 0) is 44.7 Å². The highest BCUT2D eigenvalue weighted by Gasteiger charge is 2.29. The normalized spacial score (nSPS) is 14.8. The van der Waals surface area contributed by atoms with Gasteiger partial charge in [-0.2, -0.15) is 0 Å². The molecular weight excluding hydrogens is 214 g/mol. The lowest BCUT2D eigenvalue weighted by atomic mass is 10.3. The molecule has 0 N–H and O–H groups in total. The second-order valence-electron chi connectivity index (χ2n) is 4.87. The molecule has 92 valence electrons. The number of carbonyl (C=O) groups is 1. The van der Waals surface area contributed by atoms with E-state index in [1.54, 1.807) is 12.1 Å². The van der Waals surface area contributed by atoms with E-state index in [2.05, 4.69) is 0 Å². The molecule has 1 aromatic carbocycles. The lowest BCUT2D eigenvalue weighted by Gasteiger charge is -2.25. The fraction of sp³-hybridized carbons (Fsp3) is 0.500. The van der Waals surface area contributed by atoms with Crippen molar-refractivity contribution >= 4 is 6.09 Å². The van der Waals surface area contributed by atoms with Crippen LogP contribution < -0.4 is 4.74 Å². The molecule has 0 heterocycles. The van der Waals surface area contributed by atoms with Crippen molar-refractivity contribution in [3.63, 3.8) is 0 Å². The number of ether oxygens (including phenoxy) is 1. The van der Waals surface area contributed by atoms with Crippen LogP contribution in [0, 0.1) is 5.92 Å². The van der Waals surface area contributed by atoms with E-state index in [0.29, 0.717) is 11.7 Å². The molecule has 0 aromatic heterocycles. The first-order chi connectivity index (χ1) is 8.16. The van der Waals surface area contributed by atoms with Gasteiger partial charge in [0.05, 0.1) is 0 Å². The fourth-order valence-corrected chi connectivity index (χ4v) is 1.72. The summed E-state index contributed by atoms with van der Waals surface area (Å²) >= 11 is 0. The second kappa shape index (κ2) is 5.21. The van der Waals surface area contributed by atoms with Gasteiger partial charge in [-0.1, -0.05) is 18.2 Å². The Morgan fingerprint density at radius 1 is 1.35 bits per heavy atom. The molecule has 0 atom stereocenters. The summed E-state index contributed by atoms with van der Waals surface area (Å²) in [6.07, 6.45) is 2.24.